The van der Waals surface area contributed by atoms with Crippen molar-refractivity contribution in [1.82, 2.24) is 0 Å². The number of hydrogen-bond acceptors (Lipinski definition) is 2. The highest BCUT2D eigenvalue weighted by Gasteiger charge is 2.21. The maximum atomic E-state index is 5.74. The summed E-state index contributed by atoms with van der Waals surface area (Å²) in [6.07, 6.45) is 9.94. The van der Waals surface area contributed by atoms with E-state index in [9.17, 15) is 0 Å². The third-order valence-corrected chi connectivity index (χ3v) is 2.94. The quantitative estimate of drug-likeness (QED) is 0.410. The first-order valence-electron chi connectivity index (χ1n) is 6.56. The maximum Gasteiger partial charge on any atom is 0.0810 e. The number of unbranched alkanes of at least 4 members (excludes halogenated alkanes) is 3. The fraction of sp³-hybridized carbons (Fsp3) is 1.00. The van der Waals surface area contributed by atoms with Crippen molar-refractivity contribution in [1.29, 1.82) is 0 Å². The average Bonchev–Trinajstić information content (AvgIpc) is 3.03. The first kappa shape index (κ1) is 13.0. The van der Waals surface area contributed by atoms with Crippen LogP contribution in [-0.4, -0.2) is 25.4 Å². The Kier molecular flexibility index (Phi) is 7.03. The summed E-state index contributed by atoms with van der Waals surface area (Å²) < 4.78 is 10.9. The second-order valence-electron chi connectivity index (χ2n) is 4.63. The van der Waals surface area contributed by atoms with Gasteiger partial charge in [0.1, 0.15) is 0 Å². The highest BCUT2D eigenvalue weighted by Crippen LogP contribution is 2.15. The maximum absolute atomic E-state index is 5.74. The molecule has 0 saturated carbocycles. The summed E-state index contributed by atoms with van der Waals surface area (Å²) in [6.45, 7) is 6.33. The van der Waals surface area contributed by atoms with Crippen molar-refractivity contribution in [2.24, 2.45) is 0 Å². The molecule has 0 aliphatic carbocycles. The second kappa shape index (κ2) is 8.12. The fourth-order valence-electron chi connectivity index (χ4n) is 1.77. The molecule has 0 radical (unpaired) electrons. The molecule has 0 aromatic rings. The third-order valence-electron chi connectivity index (χ3n) is 2.94. The van der Waals surface area contributed by atoms with Crippen molar-refractivity contribution < 1.29 is 9.47 Å². The van der Waals surface area contributed by atoms with Gasteiger partial charge in [0.25, 0.3) is 0 Å². The van der Waals surface area contributed by atoms with Crippen LogP contribution in [0.25, 0.3) is 0 Å². The van der Waals surface area contributed by atoms with E-state index in [4.69, 9.17) is 9.47 Å². The van der Waals surface area contributed by atoms with Crippen LogP contribution < -0.4 is 0 Å². The van der Waals surface area contributed by atoms with Gasteiger partial charge in [-0.3, -0.25) is 0 Å². The van der Waals surface area contributed by atoms with Crippen LogP contribution in [0.4, 0.5) is 0 Å². The summed E-state index contributed by atoms with van der Waals surface area (Å²) in [4.78, 5) is 0. The first-order valence-corrected chi connectivity index (χ1v) is 6.56. The highest BCUT2D eigenvalue weighted by molar-refractivity contribution is 4.68. The molecule has 0 bridgehead atoms. The van der Waals surface area contributed by atoms with Gasteiger partial charge in [-0.15, -0.1) is 0 Å². The topological polar surface area (TPSA) is 21.8 Å². The molecular formula is C13H26O2. The van der Waals surface area contributed by atoms with Gasteiger partial charge in [-0.05, 0) is 26.2 Å². The van der Waals surface area contributed by atoms with E-state index in [-0.39, 0.29) is 0 Å². The zero-order valence-corrected chi connectivity index (χ0v) is 10.3. The minimum absolute atomic E-state index is 0.446. The van der Waals surface area contributed by atoms with Gasteiger partial charge in [-0.1, -0.05) is 32.6 Å². The molecule has 2 nitrogen and oxygen atoms in total. The molecule has 2 atom stereocenters. The van der Waals surface area contributed by atoms with E-state index in [1.165, 1.54) is 38.5 Å². The smallest absolute Gasteiger partial charge is 0.0810 e. The van der Waals surface area contributed by atoms with Gasteiger partial charge in [0.05, 0.1) is 18.8 Å². The minimum Gasteiger partial charge on any atom is -0.379 e. The third kappa shape index (κ3) is 7.80. The standard InChI is InChI=1S/C13H26O2/c1-3-4-5-6-8-12(2)14-10-7-9-13-11-15-13/h12-13H,3-11H2,1-2H3. The molecule has 1 rings (SSSR count). The SMILES string of the molecule is CCCCCCC(C)OCCCC1CO1. The molecule has 2 unspecified atom stereocenters. The highest BCUT2D eigenvalue weighted by atomic mass is 16.6. The van der Waals surface area contributed by atoms with Crippen LogP contribution in [0.3, 0.4) is 0 Å². The predicted molar refractivity (Wildman–Crippen MR) is 63.1 cm³/mol. The number of rotatable bonds is 10. The Morgan fingerprint density at radius 1 is 1.27 bits per heavy atom. The van der Waals surface area contributed by atoms with Gasteiger partial charge in [0.2, 0.25) is 0 Å². The Balaban J connectivity index is 1.77. The Labute approximate surface area is 94.3 Å². The van der Waals surface area contributed by atoms with E-state index in [1.54, 1.807) is 0 Å². The number of ether oxygens (including phenoxy) is 2. The fourth-order valence-corrected chi connectivity index (χ4v) is 1.77. The first-order chi connectivity index (χ1) is 7.33. The number of hydrogen-bond donors (Lipinski definition) is 0. The van der Waals surface area contributed by atoms with Crippen molar-refractivity contribution >= 4 is 0 Å². The zero-order chi connectivity index (χ0) is 10.9. The molecule has 0 N–H and O–H groups in total. The lowest BCUT2D eigenvalue weighted by molar-refractivity contribution is 0.0551. The largest absolute Gasteiger partial charge is 0.379 e. The Bertz CT molecular complexity index is 143. The lowest BCUT2D eigenvalue weighted by Crippen LogP contribution is -2.09. The summed E-state index contributed by atoms with van der Waals surface area (Å²) in [7, 11) is 0. The van der Waals surface area contributed by atoms with E-state index in [1.807, 2.05) is 0 Å². The predicted octanol–water partition coefficient (Wildman–Crippen LogP) is 3.54. The monoisotopic (exact) mass is 214 g/mol. The van der Waals surface area contributed by atoms with E-state index in [2.05, 4.69) is 13.8 Å². The summed E-state index contributed by atoms with van der Waals surface area (Å²) in [5.74, 6) is 0. The molecule has 90 valence electrons. The van der Waals surface area contributed by atoms with Crippen molar-refractivity contribution in [3.05, 3.63) is 0 Å². The van der Waals surface area contributed by atoms with Crippen LogP contribution in [-0.2, 0) is 9.47 Å². The number of epoxide rings is 1. The van der Waals surface area contributed by atoms with Crippen molar-refractivity contribution in [3.63, 3.8) is 0 Å². The molecule has 0 spiro atoms. The van der Waals surface area contributed by atoms with Gasteiger partial charge in [0.15, 0.2) is 0 Å². The summed E-state index contributed by atoms with van der Waals surface area (Å²) in [5.41, 5.74) is 0. The summed E-state index contributed by atoms with van der Waals surface area (Å²) >= 11 is 0. The van der Waals surface area contributed by atoms with E-state index >= 15 is 0 Å². The van der Waals surface area contributed by atoms with Crippen LogP contribution in [0.5, 0.6) is 0 Å². The van der Waals surface area contributed by atoms with E-state index in [0.29, 0.717) is 12.2 Å². The van der Waals surface area contributed by atoms with Crippen LogP contribution in [0, 0.1) is 0 Å². The van der Waals surface area contributed by atoms with Gasteiger partial charge in [0, 0.05) is 6.61 Å². The average molecular weight is 214 g/mol. The lowest BCUT2D eigenvalue weighted by atomic mass is 10.1. The van der Waals surface area contributed by atoms with Gasteiger partial charge < -0.3 is 9.47 Å². The Morgan fingerprint density at radius 2 is 2.07 bits per heavy atom. The molecule has 0 amide bonds. The summed E-state index contributed by atoms with van der Waals surface area (Å²) in [5, 5.41) is 0. The Hall–Kier alpha value is -0.0800. The molecular weight excluding hydrogens is 188 g/mol. The van der Waals surface area contributed by atoms with Crippen LogP contribution >= 0.6 is 0 Å². The molecule has 2 heteroatoms. The lowest BCUT2D eigenvalue weighted by Gasteiger charge is -2.12. The van der Waals surface area contributed by atoms with Crippen molar-refractivity contribution in [2.45, 2.75) is 71.0 Å². The van der Waals surface area contributed by atoms with E-state index < -0.39 is 0 Å². The molecule has 15 heavy (non-hydrogen) atoms. The van der Waals surface area contributed by atoms with Gasteiger partial charge in [-0.25, -0.2) is 0 Å². The van der Waals surface area contributed by atoms with E-state index in [0.717, 1.165) is 19.6 Å². The molecule has 1 fully saturated rings. The minimum atomic E-state index is 0.446. The molecule has 0 aromatic heterocycles. The molecule has 1 aliphatic heterocycles. The van der Waals surface area contributed by atoms with Crippen LogP contribution in [0.2, 0.25) is 0 Å². The summed E-state index contributed by atoms with van der Waals surface area (Å²) in [6, 6.07) is 0. The van der Waals surface area contributed by atoms with Crippen molar-refractivity contribution in [3.8, 4) is 0 Å². The van der Waals surface area contributed by atoms with Gasteiger partial charge in [-0.2, -0.15) is 0 Å². The molecule has 0 aromatic carbocycles. The molecule has 1 heterocycles. The van der Waals surface area contributed by atoms with Crippen molar-refractivity contribution in [2.75, 3.05) is 13.2 Å². The molecule has 1 aliphatic rings. The normalized spacial score (nSPS) is 21.6. The molecule has 1 saturated heterocycles. The zero-order valence-electron chi connectivity index (χ0n) is 10.3. The second-order valence-corrected chi connectivity index (χ2v) is 4.63. The van der Waals surface area contributed by atoms with Crippen LogP contribution in [0.15, 0.2) is 0 Å². The Morgan fingerprint density at radius 3 is 2.73 bits per heavy atom. The van der Waals surface area contributed by atoms with Gasteiger partial charge >= 0.3 is 0 Å². The van der Waals surface area contributed by atoms with Crippen LogP contribution in [0.1, 0.15) is 58.8 Å².